The van der Waals surface area contributed by atoms with Crippen molar-refractivity contribution in [3.63, 3.8) is 0 Å². The highest BCUT2D eigenvalue weighted by Gasteiger charge is 2.23. The summed E-state index contributed by atoms with van der Waals surface area (Å²) in [4.78, 5) is 4.72. The van der Waals surface area contributed by atoms with Crippen LogP contribution in [0.5, 0.6) is 0 Å². The van der Waals surface area contributed by atoms with Gasteiger partial charge in [0.1, 0.15) is 0 Å². The molecular weight excluding hydrogens is 214 g/mol. The number of rotatable bonds is 3. The molecule has 2 heterocycles. The third-order valence-electron chi connectivity index (χ3n) is 3.49. The van der Waals surface area contributed by atoms with Crippen molar-refractivity contribution in [2.75, 3.05) is 31.6 Å². The molecule has 2 N–H and O–H groups in total. The second-order valence-corrected chi connectivity index (χ2v) is 4.58. The number of nitrogens with two attached hydrogens (primary N) is 1. The quantitative estimate of drug-likeness (QED) is 0.825. The summed E-state index contributed by atoms with van der Waals surface area (Å²) in [6, 6.07) is 4.59. The van der Waals surface area contributed by atoms with Crippen molar-refractivity contribution in [1.29, 1.82) is 0 Å². The van der Waals surface area contributed by atoms with Crippen LogP contribution in [0.3, 0.4) is 0 Å². The lowest BCUT2D eigenvalue weighted by molar-refractivity contribution is 0.212. The largest absolute Gasteiger partial charge is 0.352 e. The van der Waals surface area contributed by atoms with Crippen LogP contribution in [0.25, 0.3) is 0 Å². The number of aromatic nitrogens is 2. The summed E-state index contributed by atoms with van der Waals surface area (Å²) in [6.07, 6.45) is 1.17. The minimum atomic E-state index is 0.452. The van der Waals surface area contributed by atoms with Gasteiger partial charge in [0, 0.05) is 32.2 Å². The van der Waals surface area contributed by atoms with Crippen molar-refractivity contribution in [2.45, 2.75) is 25.9 Å². The number of piperazine rings is 1. The molecule has 1 aliphatic rings. The summed E-state index contributed by atoms with van der Waals surface area (Å²) in [5.41, 5.74) is 6.36. The van der Waals surface area contributed by atoms with Crippen molar-refractivity contribution in [1.82, 2.24) is 15.1 Å². The average Bonchev–Trinajstić information content (AvgIpc) is 2.39. The fraction of sp³-hybridized carbons (Fsp3) is 0.667. The zero-order chi connectivity index (χ0) is 12.3. The van der Waals surface area contributed by atoms with E-state index in [-0.39, 0.29) is 0 Å². The Balaban J connectivity index is 2.06. The van der Waals surface area contributed by atoms with Crippen LogP contribution in [0.2, 0.25) is 0 Å². The third kappa shape index (κ3) is 2.73. The molecule has 0 bridgehead atoms. The van der Waals surface area contributed by atoms with E-state index in [1.54, 1.807) is 0 Å². The Kier molecular flexibility index (Phi) is 3.91. The number of nitrogens with zero attached hydrogens (tertiary/aromatic N) is 4. The summed E-state index contributed by atoms with van der Waals surface area (Å²) in [5.74, 6) is 0.966. The molecule has 0 radical (unpaired) electrons. The van der Waals surface area contributed by atoms with Crippen molar-refractivity contribution in [3.8, 4) is 0 Å². The van der Waals surface area contributed by atoms with Crippen LogP contribution >= 0.6 is 0 Å². The Morgan fingerprint density at radius 3 is 2.76 bits per heavy atom. The average molecular weight is 235 g/mol. The highest BCUT2D eigenvalue weighted by atomic mass is 15.3. The predicted molar refractivity (Wildman–Crippen MR) is 68.8 cm³/mol. The van der Waals surface area contributed by atoms with E-state index >= 15 is 0 Å². The highest BCUT2D eigenvalue weighted by Crippen LogP contribution is 2.16. The van der Waals surface area contributed by atoms with Crippen molar-refractivity contribution in [2.24, 2.45) is 5.73 Å². The van der Waals surface area contributed by atoms with Crippen LogP contribution in [0.1, 0.15) is 19.0 Å². The molecule has 0 saturated carbocycles. The zero-order valence-corrected chi connectivity index (χ0v) is 10.6. The van der Waals surface area contributed by atoms with Gasteiger partial charge in [0.05, 0.1) is 5.69 Å². The molecule has 0 aromatic carbocycles. The van der Waals surface area contributed by atoms with E-state index in [0.29, 0.717) is 12.6 Å². The van der Waals surface area contributed by atoms with Gasteiger partial charge in [-0.15, -0.1) is 5.10 Å². The molecule has 0 amide bonds. The van der Waals surface area contributed by atoms with E-state index in [9.17, 15) is 0 Å². The maximum Gasteiger partial charge on any atom is 0.151 e. The van der Waals surface area contributed by atoms with Crippen LogP contribution in [0, 0.1) is 0 Å². The second-order valence-electron chi connectivity index (χ2n) is 4.58. The second kappa shape index (κ2) is 5.42. The van der Waals surface area contributed by atoms with Gasteiger partial charge in [0.2, 0.25) is 0 Å². The summed E-state index contributed by atoms with van der Waals surface area (Å²) in [6.45, 7) is 5.81. The fourth-order valence-corrected chi connectivity index (χ4v) is 2.23. The van der Waals surface area contributed by atoms with E-state index in [4.69, 9.17) is 5.73 Å². The molecule has 1 aromatic rings. The van der Waals surface area contributed by atoms with Crippen LogP contribution in [0.4, 0.5) is 5.82 Å². The molecule has 1 aliphatic heterocycles. The molecule has 0 spiro atoms. The highest BCUT2D eigenvalue weighted by molar-refractivity contribution is 5.38. The summed E-state index contributed by atoms with van der Waals surface area (Å²) in [7, 11) is 2.19. The Hall–Kier alpha value is -1.20. The molecule has 1 atom stereocenters. The maximum atomic E-state index is 5.52. The summed E-state index contributed by atoms with van der Waals surface area (Å²) < 4.78 is 0. The van der Waals surface area contributed by atoms with Crippen LogP contribution in [0.15, 0.2) is 12.1 Å². The zero-order valence-electron chi connectivity index (χ0n) is 10.6. The topological polar surface area (TPSA) is 58.3 Å². The number of likely N-dealkylation sites (N-methyl/N-ethyl adjacent to an activating group) is 1. The molecule has 0 aliphatic carbocycles. The first-order valence-corrected chi connectivity index (χ1v) is 6.22. The normalized spacial score (nSPS) is 21.8. The smallest absolute Gasteiger partial charge is 0.151 e. The molecule has 1 unspecified atom stereocenters. The first kappa shape index (κ1) is 12.3. The molecule has 17 heavy (non-hydrogen) atoms. The predicted octanol–water partition coefficient (Wildman–Crippen LogP) is 0.466. The monoisotopic (exact) mass is 235 g/mol. The minimum Gasteiger partial charge on any atom is -0.352 e. The number of hydrogen-bond donors (Lipinski definition) is 1. The SMILES string of the molecule is CCC1CN(c2ccc(CN)nn2)CCN1C. The molecule has 2 rings (SSSR count). The van der Waals surface area contributed by atoms with Crippen LogP contribution in [-0.4, -0.2) is 47.8 Å². The van der Waals surface area contributed by atoms with Gasteiger partial charge < -0.3 is 10.6 Å². The van der Waals surface area contributed by atoms with Gasteiger partial charge in [-0.2, -0.15) is 5.10 Å². The van der Waals surface area contributed by atoms with E-state index < -0.39 is 0 Å². The van der Waals surface area contributed by atoms with Gasteiger partial charge in [-0.25, -0.2) is 0 Å². The standard InChI is InChI=1S/C12H21N5/c1-3-11-9-17(7-6-16(11)2)12-5-4-10(8-13)14-15-12/h4-5,11H,3,6-9,13H2,1-2H3. The van der Waals surface area contributed by atoms with Crippen molar-refractivity contribution >= 4 is 5.82 Å². The molecule has 5 nitrogen and oxygen atoms in total. The molecule has 94 valence electrons. The van der Waals surface area contributed by atoms with E-state index in [1.807, 2.05) is 12.1 Å². The van der Waals surface area contributed by atoms with Crippen LogP contribution < -0.4 is 10.6 Å². The molecule has 1 fully saturated rings. The molecule has 1 aromatic heterocycles. The first-order chi connectivity index (χ1) is 8.24. The molecular formula is C12H21N5. The fourth-order valence-electron chi connectivity index (χ4n) is 2.23. The minimum absolute atomic E-state index is 0.452. The third-order valence-corrected chi connectivity index (χ3v) is 3.49. The van der Waals surface area contributed by atoms with E-state index in [1.165, 1.54) is 6.42 Å². The number of hydrogen-bond acceptors (Lipinski definition) is 5. The lowest BCUT2D eigenvalue weighted by Crippen LogP contribution is -2.51. The van der Waals surface area contributed by atoms with Gasteiger partial charge in [-0.05, 0) is 25.6 Å². The number of anilines is 1. The van der Waals surface area contributed by atoms with Crippen LogP contribution in [-0.2, 0) is 6.54 Å². The van der Waals surface area contributed by atoms with Gasteiger partial charge in [-0.3, -0.25) is 4.90 Å². The Labute approximate surface area is 103 Å². The maximum absolute atomic E-state index is 5.52. The van der Waals surface area contributed by atoms with E-state index in [0.717, 1.165) is 31.1 Å². The van der Waals surface area contributed by atoms with E-state index in [2.05, 4.69) is 34.0 Å². The van der Waals surface area contributed by atoms with Crippen molar-refractivity contribution < 1.29 is 0 Å². The van der Waals surface area contributed by atoms with Gasteiger partial charge in [0.25, 0.3) is 0 Å². The Morgan fingerprint density at radius 1 is 1.35 bits per heavy atom. The van der Waals surface area contributed by atoms with Gasteiger partial charge >= 0.3 is 0 Å². The van der Waals surface area contributed by atoms with Gasteiger partial charge in [-0.1, -0.05) is 6.92 Å². The Morgan fingerprint density at radius 2 is 2.18 bits per heavy atom. The lowest BCUT2D eigenvalue weighted by atomic mass is 10.1. The Bertz CT molecular complexity index is 350. The summed E-state index contributed by atoms with van der Waals surface area (Å²) >= 11 is 0. The van der Waals surface area contributed by atoms with Gasteiger partial charge in [0.15, 0.2) is 5.82 Å². The molecule has 5 heteroatoms. The summed E-state index contributed by atoms with van der Waals surface area (Å²) in [5, 5.41) is 8.36. The van der Waals surface area contributed by atoms with Crippen molar-refractivity contribution in [3.05, 3.63) is 17.8 Å². The first-order valence-electron chi connectivity index (χ1n) is 6.22. The lowest BCUT2D eigenvalue weighted by Gasteiger charge is -2.39. The molecule has 1 saturated heterocycles.